The third kappa shape index (κ3) is 1.84. The Kier molecular flexibility index (Phi) is 2.76. The van der Waals surface area contributed by atoms with Crippen LogP contribution in [0.15, 0.2) is 29.8 Å². The molecule has 0 aliphatic heterocycles. The number of fused-ring (bicyclic) bond motifs is 1. The van der Waals surface area contributed by atoms with Crippen molar-refractivity contribution in [3.05, 3.63) is 41.0 Å². The lowest BCUT2D eigenvalue weighted by Gasteiger charge is -2.14. The van der Waals surface area contributed by atoms with Gasteiger partial charge in [0.15, 0.2) is 5.78 Å². The lowest BCUT2D eigenvalue weighted by atomic mass is 9.86. The van der Waals surface area contributed by atoms with Crippen LogP contribution in [-0.4, -0.2) is 17.3 Å². The van der Waals surface area contributed by atoms with Gasteiger partial charge < -0.3 is 0 Å². The van der Waals surface area contributed by atoms with E-state index in [4.69, 9.17) is 0 Å². The highest BCUT2D eigenvalue weighted by atomic mass is 16.2. The maximum atomic E-state index is 11.8. The van der Waals surface area contributed by atoms with Gasteiger partial charge in [0.1, 0.15) is 0 Å². The maximum Gasteiger partial charge on any atom is 0.237 e. The number of rotatable bonds is 2. The fraction of sp³-hybridized carbons (Fsp3) is 0.214. The molecule has 0 saturated heterocycles. The average molecular weight is 228 g/mol. The van der Waals surface area contributed by atoms with Crippen LogP contribution in [0.3, 0.4) is 0 Å². The predicted molar refractivity (Wildman–Crippen MR) is 63.6 cm³/mol. The van der Waals surface area contributed by atoms with Crippen molar-refractivity contribution in [2.24, 2.45) is 5.92 Å². The molecule has 1 aromatic carbocycles. The van der Waals surface area contributed by atoms with Crippen LogP contribution >= 0.6 is 0 Å². The molecule has 1 aromatic rings. The Morgan fingerprint density at radius 2 is 1.71 bits per heavy atom. The first kappa shape index (κ1) is 11.5. The average Bonchev–Trinajstić information content (AvgIpc) is 2.33. The second kappa shape index (κ2) is 4.09. The van der Waals surface area contributed by atoms with E-state index in [1.807, 2.05) is 0 Å². The van der Waals surface area contributed by atoms with Gasteiger partial charge in [-0.2, -0.15) is 0 Å². The van der Waals surface area contributed by atoms with Crippen molar-refractivity contribution in [1.82, 2.24) is 0 Å². The molecule has 0 heterocycles. The number of Topliss-reactive ketones (excluding diaryl/α,β-unsaturated/α-hetero) is 3. The maximum absolute atomic E-state index is 11.8. The predicted octanol–water partition coefficient (Wildman–Crippen LogP) is 2.06. The smallest absolute Gasteiger partial charge is 0.237 e. The molecule has 1 aliphatic rings. The summed E-state index contributed by atoms with van der Waals surface area (Å²) in [7, 11) is 0. The molecule has 2 rings (SSSR count). The van der Waals surface area contributed by atoms with Crippen molar-refractivity contribution in [1.29, 1.82) is 0 Å². The second-order valence-corrected chi connectivity index (χ2v) is 4.32. The Morgan fingerprint density at radius 3 is 2.35 bits per heavy atom. The largest absolute Gasteiger partial charge is 0.294 e. The fourth-order valence-electron chi connectivity index (χ4n) is 1.79. The quantitative estimate of drug-likeness (QED) is 0.575. The van der Waals surface area contributed by atoms with Crippen molar-refractivity contribution in [3.8, 4) is 0 Å². The lowest BCUT2D eigenvalue weighted by molar-refractivity contribution is -0.121. The summed E-state index contributed by atoms with van der Waals surface area (Å²) < 4.78 is 0. The van der Waals surface area contributed by atoms with Gasteiger partial charge in [-0.3, -0.25) is 14.4 Å². The molecule has 0 bridgehead atoms. The summed E-state index contributed by atoms with van der Waals surface area (Å²) in [6.45, 7) is 3.42. The zero-order valence-corrected chi connectivity index (χ0v) is 9.69. The van der Waals surface area contributed by atoms with E-state index in [1.54, 1.807) is 38.1 Å². The third-order valence-corrected chi connectivity index (χ3v) is 2.75. The molecule has 0 aromatic heterocycles. The van der Waals surface area contributed by atoms with Crippen molar-refractivity contribution < 1.29 is 14.4 Å². The molecule has 86 valence electrons. The van der Waals surface area contributed by atoms with Crippen molar-refractivity contribution >= 4 is 23.4 Å². The number of carbonyl (C=O) groups is 3. The zero-order chi connectivity index (χ0) is 12.6. The van der Waals surface area contributed by atoms with E-state index < -0.39 is 11.6 Å². The summed E-state index contributed by atoms with van der Waals surface area (Å²) >= 11 is 0. The number of hydrogen-bond acceptors (Lipinski definition) is 3. The van der Waals surface area contributed by atoms with Gasteiger partial charge in [0, 0.05) is 11.5 Å². The third-order valence-electron chi connectivity index (χ3n) is 2.75. The minimum atomic E-state index is -0.692. The first-order valence-electron chi connectivity index (χ1n) is 5.46. The highest BCUT2D eigenvalue weighted by Gasteiger charge is 2.31. The van der Waals surface area contributed by atoms with E-state index in [0.717, 1.165) is 0 Å². The Labute approximate surface area is 99.1 Å². The van der Waals surface area contributed by atoms with Gasteiger partial charge in [0.05, 0.1) is 5.57 Å². The van der Waals surface area contributed by atoms with Gasteiger partial charge in [-0.25, -0.2) is 0 Å². The zero-order valence-electron chi connectivity index (χ0n) is 9.69. The lowest BCUT2D eigenvalue weighted by Crippen LogP contribution is -2.27. The van der Waals surface area contributed by atoms with E-state index in [2.05, 4.69) is 0 Å². The summed E-state index contributed by atoms with van der Waals surface area (Å²) in [4.78, 5) is 35.4. The molecular formula is C14H12O3. The van der Waals surface area contributed by atoms with Crippen LogP contribution in [0.25, 0.3) is 6.08 Å². The number of carbonyl (C=O) groups excluding carboxylic acids is 3. The molecule has 0 fully saturated rings. The van der Waals surface area contributed by atoms with Crippen LogP contribution in [0.5, 0.6) is 0 Å². The molecule has 0 spiro atoms. The first-order chi connectivity index (χ1) is 8.02. The highest BCUT2D eigenvalue weighted by Crippen LogP contribution is 2.23. The molecule has 3 heteroatoms. The summed E-state index contributed by atoms with van der Waals surface area (Å²) in [5.74, 6) is -1.85. The van der Waals surface area contributed by atoms with Gasteiger partial charge >= 0.3 is 0 Å². The van der Waals surface area contributed by atoms with E-state index in [1.165, 1.54) is 6.08 Å². The Bertz CT molecular complexity index is 550. The minimum Gasteiger partial charge on any atom is -0.294 e. The molecule has 0 amide bonds. The standard InChI is InChI=1S/C14H12O3/c1-8(2)12(15)11-7-9-5-3-4-6-10(9)13(16)14(11)17/h3-8H,1-2H3. The molecule has 0 radical (unpaired) electrons. The molecule has 3 nitrogen and oxygen atoms in total. The molecule has 1 aliphatic carbocycles. The van der Waals surface area contributed by atoms with Gasteiger partial charge in [0.2, 0.25) is 11.6 Å². The molecule has 0 N–H and O–H groups in total. The Morgan fingerprint density at radius 1 is 1.06 bits per heavy atom. The monoisotopic (exact) mass is 228 g/mol. The summed E-state index contributed by atoms with van der Waals surface area (Å²) in [5, 5.41) is 0. The van der Waals surface area contributed by atoms with Crippen LogP contribution in [0.4, 0.5) is 0 Å². The van der Waals surface area contributed by atoms with Crippen LogP contribution in [0.2, 0.25) is 0 Å². The van der Waals surface area contributed by atoms with Crippen LogP contribution in [-0.2, 0) is 9.59 Å². The van der Waals surface area contributed by atoms with E-state index in [0.29, 0.717) is 11.1 Å². The molecule has 0 atom stereocenters. The van der Waals surface area contributed by atoms with Crippen LogP contribution in [0, 0.1) is 5.92 Å². The molecule has 17 heavy (non-hydrogen) atoms. The van der Waals surface area contributed by atoms with Gasteiger partial charge in [0.25, 0.3) is 0 Å². The highest BCUT2D eigenvalue weighted by molar-refractivity contribution is 6.57. The summed E-state index contributed by atoms with van der Waals surface area (Å²) in [6, 6.07) is 6.80. The molecule has 0 unspecified atom stereocenters. The SMILES string of the molecule is CC(C)C(=O)C1=Cc2ccccc2C(=O)C1=O. The van der Waals surface area contributed by atoms with Gasteiger partial charge in [-0.05, 0) is 11.6 Å². The van der Waals surface area contributed by atoms with E-state index in [-0.39, 0.29) is 17.3 Å². The van der Waals surface area contributed by atoms with Crippen LogP contribution in [0.1, 0.15) is 29.8 Å². The minimum absolute atomic E-state index is 0.00343. The second-order valence-electron chi connectivity index (χ2n) is 4.32. The first-order valence-corrected chi connectivity index (χ1v) is 5.46. The Hall–Kier alpha value is -2.03. The summed E-state index contributed by atoms with van der Waals surface area (Å²) in [5.41, 5.74) is 1.02. The normalized spacial score (nSPS) is 14.6. The fourth-order valence-corrected chi connectivity index (χ4v) is 1.79. The molecular weight excluding hydrogens is 216 g/mol. The number of benzene rings is 1. The number of ketones is 3. The molecule has 0 saturated carbocycles. The topological polar surface area (TPSA) is 51.2 Å². The number of hydrogen-bond donors (Lipinski definition) is 0. The van der Waals surface area contributed by atoms with Gasteiger partial charge in [-0.15, -0.1) is 0 Å². The van der Waals surface area contributed by atoms with Crippen LogP contribution < -0.4 is 0 Å². The summed E-state index contributed by atoms with van der Waals surface area (Å²) in [6.07, 6.45) is 1.52. The van der Waals surface area contributed by atoms with Crippen molar-refractivity contribution in [2.75, 3.05) is 0 Å². The van der Waals surface area contributed by atoms with Crippen molar-refractivity contribution in [2.45, 2.75) is 13.8 Å². The van der Waals surface area contributed by atoms with Gasteiger partial charge in [-0.1, -0.05) is 38.1 Å². The van der Waals surface area contributed by atoms with E-state index in [9.17, 15) is 14.4 Å². The number of allylic oxidation sites excluding steroid dienone is 1. The Balaban J connectivity index is 2.57. The van der Waals surface area contributed by atoms with Crippen molar-refractivity contribution in [3.63, 3.8) is 0 Å². The van der Waals surface area contributed by atoms with E-state index >= 15 is 0 Å².